The Kier molecular flexibility index (Phi) is 4.68. The van der Waals surface area contributed by atoms with E-state index in [2.05, 4.69) is 16.3 Å². The van der Waals surface area contributed by atoms with Crippen LogP contribution < -0.4 is 9.47 Å². The molecule has 1 saturated heterocycles. The van der Waals surface area contributed by atoms with E-state index in [-0.39, 0.29) is 16.8 Å². The fraction of sp³-hybridized carbons (Fsp3) is 0.421. The van der Waals surface area contributed by atoms with E-state index in [0.29, 0.717) is 19.0 Å². The van der Waals surface area contributed by atoms with Crippen molar-refractivity contribution in [1.82, 2.24) is 15.1 Å². The zero-order valence-corrected chi connectivity index (χ0v) is 15.3. The van der Waals surface area contributed by atoms with Crippen LogP contribution in [0.15, 0.2) is 24.3 Å². The fourth-order valence-corrected chi connectivity index (χ4v) is 3.31. The summed E-state index contributed by atoms with van der Waals surface area (Å²) < 4.78 is 11.6. The van der Waals surface area contributed by atoms with Crippen molar-refractivity contribution >= 4 is 17.7 Å². The number of hydrogen-bond acceptors (Lipinski definition) is 5. The summed E-state index contributed by atoms with van der Waals surface area (Å²) in [5.41, 5.74) is 2.15. The maximum absolute atomic E-state index is 12.3. The average molecular weight is 374 g/mol. The Balaban J connectivity index is 1.62. The Morgan fingerprint density at radius 1 is 1.23 bits per heavy atom. The van der Waals surface area contributed by atoms with E-state index in [1.54, 1.807) is 4.90 Å². The van der Waals surface area contributed by atoms with Gasteiger partial charge in [-0.05, 0) is 49.7 Å². The highest BCUT2D eigenvalue weighted by Gasteiger charge is 2.29. The number of rotatable bonds is 4. The van der Waals surface area contributed by atoms with Crippen molar-refractivity contribution < 1.29 is 14.3 Å². The third-order valence-electron chi connectivity index (χ3n) is 4.72. The van der Waals surface area contributed by atoms with Gasteiger partial charge in [0.05, 0.1) is 0 Å². The predicted molar refractivity (Wildman–Crippen MR) is 97.1 cm³/mol. The van der Waals surface area contributed by atoms with Gasteiger partial charge in [0, 0.05) is 19.2 Å². The quantitative estimate of drug-likeness (QED) is 0.777. The zero-order chi connectivity index (χ0) is 18.1. The van der Waals surface area contributed by atoms with E-state index in [9.17, 15) is 4.79 Å². The minimum atomic E-state index is -0.413. The molecule has 1 aromatic carbocycles. The lowest BCUT2D eigenvalue weighted by Crippen LogP contribution is -2.30. The summed E-state index contributed by atoms with van der Waals surface area (Å²) in [4.78, 5) is 14.0. The molecule has 0 bridgehead atoms. The second-order valence-electron chi connectivity index (χ2n) is 6.77. The molecule has 4 rings (SSSR count). The van der Waals surface area contributed by atoms with Crippen molar-refractivity contribution in [2.45, 2.75) is 38.5 Å². The molecule has 0 unspecified atom stereocenters. The summed E-state index contributed by atoms with van der Waals surface area (Å²) in [7, 11) is 0. The minimum Gasteiger partial charge on any atom is -0.434 e. The first-order valence-corrected chi connectivity index (χ1v) is 9.27. The lowest BCUT2D eigenvalue weighted by atomic mass is 10.1. The van der Waals surface area contributed by atoms with Gasteiger partial charge in [-0.1, -0.05) is 29.8 Å². The molecule has 0 N–H and O–H groups in total. The van der Waals surface area contributed by atoms with Crippen LogP contribution in [0.25, 0.3) is 0 Å². The number of aromatic nitrogens is 2. The summed E-state index contributed by atoms with van der Waals surface area (Å²) in [6.07, 6.45) is 3.87. The number of benzene rings is 1. The van der Waals surface area contributed by atoms with E-state index in [1.165, 1.54) is 6.07 Å². The smallest absolute Gasteiger partial charge is 0.415 e. The van der Waals surface area contributed by atoms with Crippen molar-refractivity contribution in [3.63, 3.8) is 0 Å². The van der Waals surface area contributed by atoms with E-state index >= 15 is 0 Å². The molecule has 0 radical (unpaired) electrons. The van der Waals surface area contributed by atoms with Gasteiger partial charge in [0.2, 0.25) is 0 Å². The minimum absolute atomic E-state index is 0.147. The van der Waals surface area contributed by atoms with Crippen LogP contribution in [0.3, 0.4) is 0 Å². The van der Waals surface area contributed by atoms with E-state index in [4.69, 9.17) is 21.1 Å². The van der Waals surface area contributed by atoms with Crippen LogP contribution in [-0.2, 0) is 0 Å². The number of aryl methyl sites for hydroxylation is 1. The molecule has 26 heavy (non-hydrogen) atoms. The van der Waals surface area contributed by atoms with E-state index < -0.39 is 6.09 Å². The van der Waals surface area contributed by atoms with Crippen LogP contribution in [-0.4, -0.2) is 34.3 Å². The van der Waals surface area contributed by atoms with Crippen LogP contribution in [0.2, 0.25) is 5.15 Å². The molecule has 1 amide bonds. The molecular formula is C19H20ClN3O3. The Morgan fingerprint density at radius 2 is 2.00 bits per heavy atom. The zero-order valence-electron chi connectivity index (χ0n) is 14.6. The molecule has 6 nitrogen and oxygen atoms in total. The van der Waals surface area contributed by atoms with Gasteiger partial charge in [-0.15, -0.1) is 10.2 Å². The van der Waals surface area contributed by atoms with Crippen LogP contribution in [0, 0.1) is 6.92 Å². The lowest BCUT2D eigenvalue weighted by molar-refractivity contribution is 0.161. The number of likely N-dealkylation sites (tertiary alicyclic amines) is 1. The summed E-state index contributed by atoms with van der Waals surface area (Å²) >= 11 is 5.95. The normalized spacial score (nSPS) is 16.6. The number of ether oxygens (including phenoxy) is 2. The molecule has 1 saturated carbocycles. The van der Waals surface area contributed by atoms with Crippen LogP contribution >= 0.6 is 11.6 Å². The highest BCUT2D eigenvalue weighted by atomic mass is 35.5. The summed E-state index contributed by atoms with van der Waals surface area (Å²) in [6, 6.07) is 7.55. The molecule has 7 heteroatoms. The summed E-state index contributed by atoms with van der Waals surface area (Å²) in [5, 5.41) is 8.01. The predicted octanol–water partition coefficient (Wildman–Crippen LogP) is 4.70. The summed E-state index contributed by atoms with van der Waals surface area (Å²) in [6.45, 7) is 3.39. The third kappa shape index (κ3) is 3.60. The van der Waals surface area contributed by atoms with Crippen LogP contribution in [0.4, 0.5) is 4.79 Å². The number of halogens is 1. The SMILES string of the molecule is Cc1cccc(C2CC2)c1Oc1nnc(Cl)cc1OC(=O)N1CCCC1. The topological polar surface area (TPSA) is 64.6 Å². The number of nitrogens with zero attached hydrogens (tertiary/aromatic N) is 3. The summed E-state index contributed by atoms with van der Waals surface area (Å²) in [5.74, 6) is 1.61. The Hall–Kier alpha value is -2.34. The largest absolute Gasteiger partial charge is 0.434 e. The molecule has 2 aliphatic rings. The molecule has 136 valence electrons. The Bertz CT molecular complexity index is 833. The molecule has 0 atom stereocenters. The van der Waals surface area contributed by atoms with Gasteiger partial charge < -0.3 is 14.4 Å². The lowest BCUT2D eigenvalue weighted by Gasteiger charge is -2.17. The monoisotopic (exact) mass is 373 g/mol. The Morgan fingerprint density at radius 3 is 2.73 bits per heavy atom. The van der Waals surface area contributed by atoms with Crippen LogP contribution in [0.1, 0.15) is 42.7 Å². The van der Waals surface area contributed by atoms with Gasteiger partial charge in [-0.3, -0.25) is 0 Å². The van der Waals surface area contributed by atoms with Crippen molar-refractivity contribution in [2.75, 3.05) is 13.1 Å². The highest BCUT2D eigenvalue weighted by molar-refractivity contribution is 6.29. The average Bonchev–Trinajstić information content (AvgIpc) is 3.31. The standard InChI is InChI=1S/C19H20ClN3O3/c1-12-5-4-6-14(13-7-8-13)17(12)26-18-15(11-16(20)21-22-18)25-19(24)23-9-2-3-10-23/h4-6,11,13H,2-3,7-10H2,1H3. The van der Waals surface area contributed by atoms with Gasteiger partial charge in [-0.25, -0.2) is 4.79 Å². The first-order valence-electron chi connectivity index (χ1n) is 8.89. The second kappa shape index (κ2) is 7.11. The van der Waals surface area contributed by atoms with Crippen molar-refractivity contribution in [2.24, 2.45) is 0 Å². The molecule has 0 spiro atoms. The van der Waals surface area contributed by atoms with Gasteiger partial charge in [0.15, 0.2) is 10.9 Å². The van der Waals surface area contributed by atoms with Gasteiger partial charge >= 0.3 is 6.09 Å². The van der Waals surface area contributed by atoms with Crippen molar-refractivity contribution in [1.29, 1.82) is 0 Å². The van der Waals surface area contributed by atoms with Crippen LogP contribution in [0.5, 0.6) is 17.4 Å². The molecule has 2 fully saturated rings. The van der Waals surface area contributed by atoms with Gasteiger partial charge in [0.25, 0.3) is 5.88 Å². The van der Waals surface area contributed by atoms with Crippen molar-refractivity contribution in [3.8, 4) is 17.4 Å². The van der Waals surface area contributed by atoms with Crippen molar-refractivity contribution in [3.05, 3.63) is 40.5 Å². The first-order chi connectivity index (χ1) is 12.6. The van der Waals surface area contributed by atoms with E-state index in [0.717, 1.165) is 42.6 Å². The van der Waals surface area contributed by atoms with Gasteiger partial charge in [-0.2, -0.15) is 0 Å². The fourth-order valence-electron chi connectivity index (χ4n) is 3.17. The molecule has 1 aliphatic carbocycles. The molecular weight excluding hydrogens is 354 g/mol. The molecule has 1 aliphatic heterocycles. The Labute approximate surface area is 157 Å². The number of para-hydroxylation sites is 1. The molecule has 2 heterocycles. The first kappa shape index (κ1) is 17.1. The highest BCUT2D eigenvalue weighted by Crippen LogP contribution is 2.46. The van der Waals surface area contributed by atoms with Gasteiger partial charge in [0.1, 0.15) is 5.75 Å². The maximum atomic E-state index is 12.3. The second-order valence-corrected chi connectivity index (χ2v) is 7.16. The molecule has 1 aromatic heterocycles. The molecule has 2 aromatic rings. The number of carbonyl (C=O) groups is 1. The third-order valence-corrected chi connectivity index (χ3v) is 4.90. The number of hydrogen-bond donors (Lipinski definition) is 0. The number of amides is 1. The number of carbonyl (C=O) groups excluding carboxylic acids is 1. The maximum Gasteiger partial charge on any atom is 0.415 e. The van der Waals surface area contributed by atoms with E-state index in [1.807, 2.05) is 19.1 Å².